The Morgan fingerprint density at radius 2 is 2.25 bits per heavy atom. The van der Waals surface area contributed by atoms with Gasteiger partial charge in [0, 0.05) is 26.7 Å². The topological polar surface area (TPSA) is 50.2 Å². The maximum absolute atomic E-state index is 12.2. The van der Waals surface area contributed by atoms with Crippen LogP contribution >= 0.6 is 0 Å². The van der Waals surface area contributed by atoms with Gasteiger partial charge in [0.2, 0.25) is 0 Å². The molecule has 5 nitrogen and oxygen atoms in total. The number of aryl methyl sites for hydroxylation is 2. The summed E-state index contributed by atoms with van der Waals surface area (Å²) < 4.78 is 1.66. The van der Waals surface area contributed by atoms with Gasteiger partial charge in [0.25, 0.3) is 5.91 Å². The Bertz CT molecular complexity index is 377. The van der Waals surface area contributed by atoms with Crippen LogP contribution in [0.4, 0.5) is 0 Å². The van der Waals surface area contributed by atoms with Crippen LogP contribution in [0.2, 0.25) is 0 Å². The maximum Gasteiger partial charge on any atom is 0.272 e. The summed E-state index contributed by atoms with van der Waals surface area (Å²) in [7, 11) is 1.82. The van der Waals surface area contributed by atoms with Gasteiger partial charge < -0.3 is 10.2 Å². The lowest BCUT2D eigenvalue weighted by atomic mass is 10.3. The summed E-state index contributed by atoms with van der Waals surface area (Å²) in [5.41, 5.74) is 1.57. The van der Waals surface area contributed by atoms with Gasteiger partial charge in [-0.25, -0.2) is 0 Å². The molecule has 0 spiro atoms. The molecular weight excluding hydrogens is 204 g/mol. The summed E-state index contributed by atoms with van der Waals surface area (Å²) in [6, 6.07) is 1.85. The molecule has 1 aromatic heterocycles. The molecule has 1 amide bonds. The van der Waals surface area contributed by atoms with Crippen molar-refractivity contribution in [3.63, 3.8) is 0 Å². The summed E-state index contributed by atoms with van der Waals surface area (Å²) in [4.78, 5) is 14.1. The molecule has 0 unspecified atom stereocenters. The molecule has 5 heteroatoms. The first-order valence-corrected chi connectivity index (χ1v) is 5.69. The molecule has 0 saturated carbocycles. The number of carbonyl (C=O) groups excluding carboxylic acids is 1. The predicted octanol–water partition coefficient (Wildman–Crippen LogP) is 0.164. The molecule has 0 aliphatic carbocycles. The smallest absolute Gasteiger partial charge is 0.272 e. The summed E-state index contributed by atoms with van der Waals surface area (Å²) in [6.07, 6.45) is 1.02. The second-order valence-electron chi connectivity index (χ2n) is 4.19. The molecule has 2 rings (SSSR count). The van der Waals surface area contributed by atoms with E-state index in [1.165, 1.54) is 0 Å². The number of hydrogen-bond acceptors (Lipinski definition) is 3. The Hall–Kier alpha value is -1.36. The zero-order valence-corrected chi connectivity index (χ0v) is 9.86. The molecule has 1 aliphatic rings. The third-order valence-corrected chi connectivity index (χ3v) is 2.85. The van der Waals surface area contributed by atoms with Crippen LogP contribution in [0, 0.1) is 6.92 Å². The number of aromatic nitrogens is 2. The monoisotopic (exact) mass is 222 g/mol. The SMILES string of the molecule is Cc1cc(C(=O)N2CCCNCC2)n(C)n1. The Morgan fingerprint density at radius 1 is 1.44 bits per heavy atom. The van der Waals surface area contributed by atoms with E-state index in [1.54, 1.807) is 4.68 Å². The van der Waals surface area contributed by atoms with Gasteiger partial charge in [-0.1, -0.05) is 0 Å². The van der Waals surface area contributed by atoms with Crippen molar-refractivity contribution in [2.45, 2.75) is 13.3 Å². The van der Waals surface area contributed by atoms with Crippen LogP contribution in [-0.2, 0) is 7.05 Å². The Morgan fingerprint density at radius 3 is 2.94 bits per heavy atom. The fourth-order valence-corrected chi connectivity index (χ4v) is 2.02. The van der Waals surface area contributed by atoms with Crippen LogP contribution in [0.1, 0.15) is 22.6 Å². The van der Waals surface area contributed by atoms with Gasteiger partial charge in [0.05, 0.1) is 5.69 Å². The first-order chi connectivity index (χ1) is 7.68. The lowest BCUT2D eigenvalue weighted by molar-refractivity contribution is 0.0755. The lowest BCUT2D eigenvalue weighted by Gasteiger charge is -2.19. The maximum atomic E-state index is 12.2. The average molecular weight is 222 g/mol. The van der Waals surface area contributed by atoms with E-state index in [0.717, 1.165) is 38.3 Å². The number of nitrogens with zero attached hydrogens (tertiary/aromatic N) is 3. The first-order valence-electron chi connectivity index (χ1n) is 5.69. The molecule has 1 fully saturated rings. The number of rotatable bonds is 1. The van der Waals surface area contributed by atoms with E-state index in [0.29, 0.717) is 5.69 Å². The minimum absolute atomic E-state index is 0.0896. The second-order valence-corrected chi connectivity index (χ2v) is 4.19. The van der Waals surface area contributed by atoms with Gasteiger partial charge in [-0.2, -0.15) is 5.10 Å². The lowest BCUT2D eigenvalue weighted by Crippen LogP contribution is -2.35. The number of amides is 1. The summed E-state index contributed by atoms with van der Waals surface area (Å²) in [6.45, 7) is 5.39. The third-order valence-electron chi connectivity index (χ3n) is 2.85. The standard InChI is InChI=1S/C11H18N4O/c1-9-8-10(14(2)13-9)11(16)15-6-3-4-12-5-7-15/h8,12H,3-7H2,1-2H3. The number of hydrogen-bond donors (Lipinski definition) is 1. The largest absolute Gasteiger partial charge is 0.336 e. The molecule has 16 heavy (non-hydrogen) atoms. The Balaban J connectivity index is 2.14. The highest BCUT2D eigenvalue weighted by Crippen LogP contribution is 2.07. The van der Waals surface area contributed by atoms with Crippen molar-refractivity contribution in [2.75, 3.05) is 26.2 Å². The van der Waals surface area contributed by atoms with Gasteiger partial charge in [-0.05, 0) is 26.0 Å². The number of carbonyl (C=O) groups is 1. The molecular formula is C11H18N4O. The normalized spacial score (nSPS) is 17.2. The second kappa shape index (κ2) is 4.65. The van der Waals surface area contributed by atoms with Crippen molar-refractivity contribution in [2.24, 2.45) is 7.05 Å². The first kappa shape index (κ1) is 11.1. The van der Waals surface area contributed by atoms with Gasteiger partial charge in [-0.3, -0.25) is 9.48 Å². The highest BCUT2D eigenvalue weighted by atomic mass is 16.2. The van der Waals surface area contributed by atoms with E-state index >= 15 is 0 Å². The van der Waals surface area contributed by atoms with E-state index in [1.807, 2.05) is 24.9 Å². The molecule has 0 atom stereocenters. The van der Waals surface area contributed by atoms with Crippen LogP contribution in [-0.4, -0.2) is 46.8 Å². The highest BCUT2D eigenvalue weighted by Gasteiger charge is 2.20. The number of nitrogens with one attached hydrogen (secondary N) is 1. The van der Waals surface area contributed by atoms with Crippen LogP contribution in [0.25, 0.3) is 0 Å². The molecule has 1 aliphatic heterocycles. The average Bonchev–Trinajstić information content (AvgIpc) is 2.49. The van der Waals surface area contributed by atoms with E-state index in [4.69, 9.17) is 0 Å². The minimum atomic E-state index is 0.0896. The molecule has 2 heterocycles. The van der Waals surface area contributed by atoms with E-state index in [-0.39, 0.29) is 5.91 Å². The Labute approximate surface area is 95.4 Å². The quantitative estimate of drug-likeness (QED) is 0.736. The molecule has 0 bridgehead atoms. The summed E-state index contributed by atoms with van der Waals surface area (Å²) in [5.74, 6) is 0.0896. The molecule has 0 radical (unpaired) electrons. The minimum Gasteiger partial charge on any atom is -0.336 e. The van der Waals surface area contributed by atoms with Crippen molar-refractivity contribution in [3.05, 3.63) is 17.5 Å². The predicted molar refractivity (Wildman–Crippen MR) is 61.3 cm³/mol. The van der Waals surface area contributed by atoms with Gasteiger partial charge in [-0.15, -0.1) is 0 Å². The third kappa shape index (κ3) is 2.24. The molecule has 1 aromatic rings. The summed E-state index contributed by atoms with van der Waals surface area (Å²) >= 11 is 0. The van der Waals surface area contributed by atoms with Crippen LogP contribution < -0.4 is 5.32 Å². The van der Waals surface area contributed by atoms with Gasteiger partial charge in [0.15, 0.2) is 0 Å². The van der Waals surface area contributed by atoms with E-state index < -0.39 is 0 Å². The van der Waals surface area contributed by atoms with E-state index in [2.05, 4.69) is 10.4 Å². The summed E-state index contributed by atoms with van der Waals surface area (Å²) in [5, 5.41) is 7.49. The molecule has 88 valence electrons. The zero-order valence-electron chi connectivity index (χ0n) is 9.86. The fourth-order valence-electron chi connectivity index (χ4n) is 2.02. The van der Waals surface area contributed by atoms with Crippen molar-refractivity contribution in [3.8, 4) is 0 Å². The van der Waals surface area contributed by atoms with Crippen LogP contribution in [0.15, 0.2) is 6.07 Å². The van der Waals surface area contributed by atoms with Crippen molar-refractivity contribution in [1.29, 1.82) is 0 Å². The van der Waals surface area contributed by atoms with Crippen molar-refractivity contribution < 1.29 is 4.79 Å². The zero-order chi connectivity index (χ0) is 11.5. The van der Waals surface area contributed by atoms with E-state index in [9.17, 15) is 4.79 Å². The van der Waals surface area contributed by atoms with Crippen molar-refractivity contribution >= 4 is 5.91 Å². The molecule has 1 saturated heterocycles. The van der Waals surface area contributed by atoms with Crippen molar-refractivity contribution in [1.82, 2.24) is 20.0 Å². The van der Waals surface area contributed by atoms with Crippen LogP contribution in [0.5, 0.6) is 0 Å². The van der Waals surface area contributed by atoms with Crippen LogP contribution in [0.3, 0.4) is 0 Å². The molecule has 1 N–H and O–H groups in total. The molecule has 0 aromatic carbocycles. The van der Waals surface area contributed by atoms with Gasteiger partial charge in [0.1, 0.15) is 5.69 Å². The van der Waals surface area contributed by atoms with Gasteiger partial charge >= 0.3 is 0 Å². The fraction of sp³-hybridized carbons (Fsp3) is 0.636. The highest BCUT2D eigenvalue weighted by molar-refractivity contribution is 5.92. The Kier molecular flexibility index (Phi) is 3.24.